The average molecular weight is 237 g/mol. The van der Waals surface area contributed by atoms with Crippen LogP contribution >= 0.6 is 7.75 Å². The highest BCUT2D eigenvalue weighted by molar-refractivity contribution is 7.51. The van der Waals surface area contributed by atoms with E-state index in [1.54, 1.807) is 4.67 Å². The van der Waals surface area contributed by atoms with E-state index < -0.39 is 7.75 Å². The number of nitrogens with zero attached hydrogens (tertiary/aromatic N) is 1. The fourth-order valence-electron chi connectivity index (χ4n) is 1.38. The van der Waals surface area contributed by atoms with Gasteiger partial charge in [0.25, 0.3) is 0 Å². The molecule has 0 aliphatic rings. The Morgan fingerprint density at radius 2 is 1.80 bits per heavy atom. The predicted molar refractivity (Wildman–Crippen MR) is 63.0 cm³/mol. The molecule has 1 unspecified atom stereocenters. The Morgan fingerprint density at radius 1 is 1.20 bits per heavy atom. The van der Waals surface area contributed by atoms with Gasteiger partial charge in [-0.1, -0.05) is 13.8 Å². The first-order valence-electron chi connectivity index (χ1n) is 5.68. The van der Waals surface area contributed by atoms with E-state index >= 15 is 0 Å². The monoisotopic (exact) mass is 237 g/mol. The number of hydrogen-bond acceptors (Lipinski definition) is 3. The normalized spacial score (nSPS) is 15.9. The number of rotatable bonds is 8. The van der Waals surface area contributed by atoms with Gasteiger partial charge in [-0.15, -0.1) is 0 Å². The Bertz CT molecular complexity index is 209. The molecule has 0 saturated carbocycles. The van der Waals surface area contributed by atoms with Gasteiger partial charge < -0.3 is 0 Å². The zero-order valence-corrected chi connectivity index (χ0v) is 11.4. The molecule has 0 rings (SSSR count). The molecule has 0 N–H and O–H groups in total. The van der Waals surface area contributed by atoms with Crippen LogP contribution in [0.15, 0.2) is 0 Å². The minimum absolute atomic E-state index is 0.157. The molecule has 1 atom stereocenters. The fourth-order valence-corrected chi connectivity index (χ4v) is 3.40. The fraction of sp³-hybridized carbons (Fsp3) is 1.00. The van der Waals surface area contributed by atoms with Crippen molar-refractivity contribution in [3.63, 3.8) is 0 Å². The SMILES string of the molecule is CCCOP(=O)(OCC)N(CC)C(C)C. The van der Waals surface area contributed by atoms with Crippen molar-refractivity contribution in [3.8, 4) is 0 Å². The Balaban J connectivity index is 4.65. The van der Waals surface area contributed by atoms with Crippen molar-refractivity contribution >= 4 is 7.75 Å². The van der Waals surface area contributed by atoms with Gasteiger partial charge in [-0.2, -0.15) is 0 Å². The second-order valence-corrected chi connectivity index (χ2v) is 5.54. The van der Waals surface area contributed by atoms with Crippen molar-refractivity contribution in [2.24, 2.45) is 0 Å². The van der Waals surface area contributed by atoms with E-state index in [0.717, 1.165) is 6.42 Å². The molecule has 92 valence electrons. The minimum atomic E-state index is -3.07. The van der Waals surface area contributed by atoms with Crippen molar-refractivity contribution in [3.05, 3.63) is 0 Å². The third-order valence-corrected chi connectivity index (χ3v) is 4.45. The molecule has 0 fully saturated rings. The molecule has 0 saturated heterocycles. The second kappa shape index (κ2) is 7.39. The van der Waals surface area contributed by atoms with E-state index in [1.165, 1.54) is 0 Å². The molecule has 0 aromatic rings. The summed E-state index contributed by atoms with van der Waals surface area (Å²) >= 11 is 0. The van der Waals surface area contributed by atoms with Crippen LogP contribution in [0.2, 0.25) is 0 Å². The summed E-state index contributed by atoms with van der Waals surface area (Å²) in [5, 5.41) is 0. The average Bonchev–Trinajstić information content (AvgIpc) is 2.15. The third kappa shape index (κ3) is 4.64. The molecule has 0 bridgehead atoms. The van der Waals surface area contributed by atoms with Gasteiger partial charge in [0.2, 0.25) is 0 Å². The van der Waals surface area contributed by atoms with Crippen LogP contribution in [-0.2, 0) is 13.6 Å². The molecule has 0 spiro atoms. The lowest BCUT2D eigenvalue weighted by Crippen LogP contribution is -2.29. The van der Waals surface area contributed by atoms with Crippen molar-refractivity contribution < 1.29 is 13.6 Å². The highest BCUT2D eigenvalue weighted by atomic mass is 31.2. The van der Waals surface area contributed by atoms with Gasteiger partial charge in [-0.05, 0) is 27.2 Å². The van der Waals surface area contributed by atoms with E-state index in [0.29, 0.717) is 19.8 Å². The molecule has 4 nitrogen and oxygen atoms in total. The lowest BCUT2D eigenvalue weighted by atomic mass is 10.4. The smallest absolute Gasteiger partial charge is 0.297 e. The molecule has 0 aromatic heterocycles. The second-order valence-electron chi connectivity index (χ2n) is 3.57. The largest absolute Gasteiger partial charge is 0.408 e. The van der Waals surface area contributed by atoms with Gasteiger partial charge in [0, 0.05) is 12.6 Å². The van der Waals surface area contributed by atoms with Crippen molar-refractivity contribution in [2.45, 2.75) is 47.1 Å². The van der Waals surface area contributed by atoms with Crippen LogP contribution in [0.1, 0.15) is 41.0 Å². The Hall–Kier alpha value is 0.110. The van der Waals surface area contributed by atoms with E-state index in [4.69, 9.17) is 9.05 Å². The molecule has 5 heteroatoms. The van der Waals surface area contributed by atoms with Crippen LogP contribution < -0.4 is 0 Å². The third-order valence-electron chi connectivity index (χ3n) is 1.99. The van der Waals surface area contributed by atoms with E-state index in [2.05, 4.69) is 0 Å². The van der Waals surface area contributed by atoms with Gasteiger partial charge >= 0.3 is 7.75 Å². The summed E-state index contributed by atoms with van der Waals surface area (Å²) < 4.78 is 24.9. The minimum Gasteiger partial charge on any atom is -0.297 e. The molecule has 0 amide bonds. The first kappa shape index (κ1) is 15.1. The van der Waals surface area contributed by atoms with Crippen molar-refractivity contribution in [1.29, 1.82) is 0 Å². The van der Waals surface area contributed by atoms with Gasteiger partial charge in [-0.3, -0.25) is 9.05 Å². The molecular weight excluding hydrogens is 213 g/mol. The van der Waals surface area contributed by atoms with Crippen LogP contribution in [0.5, 0.6) is 0 Å². The summed E-state index contributed by atoms with van der Waals surface area (Å²) in [5.41, 5.74) is 0. The summed E-state index contributed by atoms with van der Waals surface area (Å²) in [6.45, 7) is 11.3. The van der Waals surface area contributed by atoms with Crippen LogP contribution in [0.4, 0.5) is 0 Å². The van der Waals surface area contributed by atoms with Crippen molar-refractivity contribution in [1.82, 2.24) is 4.67 Å². The molecule has 0 aliphatic carbocycles. The zero-order chi connectivity index (χ0) is 11.9. The summed E-state index contributed by atoms with van der Waals surface area (Å²) in [6.07, 6.45) is 0.840. The van der Waals surface area contributed by atoms with Crippen LogP contribution in [0.3, 0.4) is 0 Å². The number of hydrogen-bond donors (Lipinski definition) is 0. The molecule has 15 heavy (non-hydrogen) atoms. The summed E-state index contributed by atoms with van der Waals surface area (Å²) in [4.78, 5) is 0. The first-order chi connectivity index (χ1) is 7.01. The van der Waals surface area contributed by atoms with Crippen LogP contribution in [-0.4, -0.2) is 30.5 Å². The van der Waals surface area contributed by atoms with E-state index in [-0.39, 0.29) is 6.04 Å². The molecular formula is C10H24NO3P. The molecule has 0 heterocycles. The molecule has 0 radical (unpaired) electrons. The maximum Gasteiger partial charge on any atom is 0.408 e. The highest BCUT2D eigenvalue weighted by Gasteiger charge is 2.33. The Kier molecular flexibility index (Phi) is 7.45. The highest BCUT2D eigenvalue weighted by Crippen LogP contribution is 2.52. The van der Waals surface area contributed by atoms with Crippen LogP contribution in [0.25, 0.3) is 0 Å². The predicted octanol–water partition coefficient (Wildman–Crippen LogP) is 3.29. The Morgan fingerprint density at radius 3 is 2.13 bits per heavy atom. The summed E-state index contributed by atoms with van der Waals surface area (Å²) in [5.74, 6) is 0. The van der Waals surface area contributed by atoms with Gasteiger partial charge in [0.15, 0.2) is 0 Å². The Labute approximate surface area is 93.5 Å². The van der Waals surface area contributed by atoms with Crippen LogP contribution in [0, 0.1) is 0 Å². The topological polar surface area (TPSA) is 38.8 Å². The maximum atomic E-state index is 12.4. The quantitative estimate of drug-likeness (QED) is 0.607. The summed E-state index contributed by atoms with van der Waals surface area (Å²) in [7, 11) is -3.07. The van der Waals surface area contributed by atoms with Gasteiger partial charge in [0.05, 0.1) is 13.2 Å². The zero-order valence-electron chi connectivity index (χ0n) is 10.5. The van der Waals surface area contributed by atoms with Gasteiger partial charge in [-0.25, -0.2) is 9.24 Å². The first-order valence-corrected chi connectivity index (χ1v) is 7.17. The van der Waals surface area contributed by atoms with E-state index in [9.17, 15) is 4.57 Å². The van der Waals surface area contributed by atoms with Gasteiger partial charge in [0.1, 0.15) is 0 Å². The molecule has 0 aromatic carbocycles. The summed E-state index contributed by atoms with van der Waals surface area (Å²) in [6, 6.07) is 0.157. The molecule has 0 aliphatic heterocycles. The lowest BCUT2D eigenvalue weighted by molar-refractivity contribution is 0.152. The maximum absolute atomic E-state index is 12.4. The standard InChI is InChI=1S/C10H24NO3P/c1-6-9-14-15(12,13-8-3)11(7-2)10(4)5/h10H,6-9H2,1-5H3. The van der Waals surface area contributed by atoms with Crippen molar-refractivity contribution in [2.75, 3.05) is 19.8 Å². The van der Waals surface area contributed by atoms with E-state index in [1.807, 2.05) is 34.6 Å². The lowest BCUT2D eigenvalue weighted by Gasteiger charge is -2.31.